The van der Waals surface area contributed by atoms with Crippen molar-refractivity contribution in [1.29, 1.82) is 0 Å². The third-order valence-electron chi connectivity index (χ3n) is 2.40. The van der Waals surface area contributed by atoms with Crippen LogP contribution in [-0.2, 0) is 17.6 Å². The Balaban J connectivity index is 2.03. The number of carboxylic acid groups (broad SMARTS) is 1. The van der Waals surface area contributed by atoms with Crippen molar-refractivity contribution in [3.8, 4) is 0 Å². The van der Waals surface area contributed by atoms with Crippen molar-refractivity contribution in [3.63, 3.8) is 0 Å². The van der Waals surface area contributed by atoms with Gasteiger partial charge in [0.1, 0.15) is 0 Å². The molecule has 1 aliphatic carbocycles. The zero-order chi connectivity index (χ0) is 10.8. The van der Waals surface area contributed by atoms with Gasteiger partial charge < -0.3 is 5.11 Å². The fraction of sp³-hybridized carbons (Fsp3) is 0.500. The van der Waals surface area contributed by atoms with Crippen LogP contribution in [-0.4, -0.2) is 21.8 Å². The number of hydrogen-bond donors (Lipinski definition) is 1. The molecule has 5 heteroatoms. The van der Waals surface area contributed by atoms with Gasteiger partial charge in [0.25, 0.3) is 0 Å². The molecule has 1 heterocycles. The van der Waals surface area contributed by atoms with Crippen LogP contribution in [0.1, 0.15) is 39.6 Å². The Kier molecular flexibility index (Phi) is 2.81. The van der Waals surface area contributed by atoms with Crippen molar-refractivity contribution in [2.24, 2.45) is 0 Å². The number of Topliss-reactive ketones (excluding diaryl/α,β-unsaturated/α-hetero) is 1. The van der Waals surface area contributed by atoms with Crippen molar-refractivity contribution in [1.82, 2.24) is 4.98 Å². The first kappa shape index (κ1) is 10.3. The molecule has 0 aromatic carbocycles. The first-order valence-electron chi connectivity index (χ1n) is 4.90. The molecule has 1 aromatic heterocycles. The summed E-state index contributed by atoms with van der Waals surface area (Å²) in [5.74, 6) is -1.08. The van der Waals surface area contributed by atoms with Crippen LogP contribution in [0.4, 0.5) is 0 Å². The first-order chi connectivity index (χ1) is 7.16. The highest BCUT2D eigenvalue weighted by Gasteiger charge is 2.20. The number of carbonyl (C=O) groups is 2. The maximum atomic E-state index is 11.5. The van der Waals surface area contributed by atoms with Gasteiger partial charge in [-0.3, -0.25) is 9.59 Å². The van der Waals surface area contributed by atoms with Gasteiger partial charge in [0.2, 0.25) is 0 Å². The number of aliphatic carboxylic acids is 1. The number of carbonyl (C=O) groups excluding carboxylic acids is 1. The van der Waals surface area contributed by atoms with Crippen LogP contribution >= 0.6 is 11.3 Å². The van der Waals surface area contributed by atoms with Crippen LogP contribution in [0, 0.1) is 0 Å². The fourth-order valence-electron chi connectivity index (χ4n) is 1.64. The highest BCUT2D eigenvalue weighted by Crippen LogP contribution is 2.28. The van der Waals surface area contributed by atoms with E-state index in [1.165, 1.54) is 16.2 Å². The Morgan fingerprint density at radius 2 is 2.13 bits per heavy atom. The Hall–Kier alpha value is -1.23. The molecule has 0 saturated carbocycles. The normalized spacial score (nSPS) is 13.9. The van der Waals surface area contributed by atoms with E-state index in [1.807, 2.05) is 0 Å². The van der Waals surface area contributed by atoms with Crippen LogP contribution < -0.4 is 0 Å². The number of carboxylic acids is 1. The first-order valence-corrected chi connectivity index (χ1v) is 5.72. The van der Waals surface area contributed by atoms with Crippen LogP contribution in [0.3, 0.4) is 0 Å². The third-order valence-corrected chi connectivity index (χ3v) is 3.60. The summed E-state index contributed by atoms with van der Waals surface area (Å²) in [6, 6.07) is 0. The molecule has 4 nitrogen and oxygen atoms in total. The number of aromatic nitrogens is 1. The fourth-order valence-corrected chi connectivity index (χ4v) is 2.75. The summed E-state index contributed by atoms with van der Waals surface area (Å²) in [5.41, 5.74) is 1.04. The van der Waals surface area contributed by atoms with Gasteiger partial charge in [0.15, 0.2) is 10.8 Å². The van der Waals surface area contributed by atoms with E-state index in [0.717, 1.165) is 25.0 Å². The van der Waals surface area contributed by atoms with Crippen molar-refractivity contribution >= 4 is 23.1 Å². The van der Waals surface area contributed by atoms with Gasteiger partial charge in [0.05, 0.1) is 12.1 Å². The summed E-state index contributed by atoms with van der Waals surface area (Å²) < 4.78 is 0. The molecule has 1 aliphatic rings. The molecule has 0 saturated heterocycles. The predicted octanol–water partition coefficient (Wildman–Crippen LogP) is 1.68. The zero-order valence-corrected chi connectivity index (χ0v) is 8.97. The summed E-state index contributed by atoms with van der Waals surface area (Å²) >= 11 is 1.43. The number of aryl methyl sites for hydroxylation is 2. The standard InChI is InChI=1S/C10H11NO3S/c12-7(4-5-9(13)14)10-11-6-2-1-3-8(6)15-10/h1-5H2,(H,13,14). The molecule has 0 fully saturated rings. The monoisotopic (exact) mass is 225 g/mol. The molecule has 0 aliphatic heterocycles. The van der Waals surface area contributed by atoms with E-state index in [0.29, 0.717) is 5.01 Å². The second kappa shape index (κ2) is 4.10. The van der Waals surface area contributed by atoms with Crippen molar-refractivity contribution < 1.29 is 14.7 Å². The molecule has 1 aromatic rings. The predicted molar refractivity (Wildman–Crippen MR) is 55.3 cm³/mol. The molecule has 15 heavy (non-hydrogen) atoms. The Bertz CT molecular complexity index is 389. The number of thiazole rings is 1. The van der Waals surface area contributed by atoms with Crippen LogP contribution in [0.25, 0.3) is 0 Å². The molecule has 80 valence electrons. The van der Waals surface area contributed by atoms with Gasteiger partial charge in [0, 0.05) is 11.3 Å². The molecule has 1 N–H and O–H groups in total. The van der Waals surface area contributed by atoms with E-state index in [1.54, 1.807) is 0 Å². The summed E-state index contributed by atoms with van der Waals surface area (Å²) in [4.78, 5) is 27.3. The quantitative estimate of drug-likeness (QED) is 0.791. The lowest BCUT2D eigenvalue weighted by molar-refractivity contribution is -0.136. The highest BCUT2D eigenvalue weighted by molar-refractivity contribution is 7.13. The Morgan fingerprint density at radius 3 is 2.80 bits per heavy atom. The molecular weight excluding hydrogens is 214 g/mol. The maximum absolute atomic E-state index is 11.5. The number of ketones is 1. The van der Waals surface area contributed by atoms with E-state index >= 15 is 0 Å². The zero-order valence-electron chi connectivity index (χ0n) is 8.15. The van der Waals surface area contributed by atoms with Gasteiger partial charge in [-0.1, -0.05) is 0 Å². The van der Waals surface area contributed by atoms with E-state index in [-0.39, 0.29) is 18.6 Å². The van der Waals surface area contributed by atoms with Gasteiger partial charge in [-0.25, -0.2) is 4.98 Å². The highest BCUT2D eigenvalue weighted by atomic mass is 32.1. The summed E-state index contributed by atoms with van der Waals surface area (Å²) in [7, 11) is 0. The Morgan fingerprint density at radius 1 is 1.33 bits per heavy atom. The number of rotatable bonds is 4. The van der Waals surface area contributed by atoms with Crippen LogP contribution in [0.15, 0.2) is 0 Å². The van der Waals surface area contributed by atoms with E-state index in [2.05, 4.69) is 4.98 Å². The average molecular weight is 225 g/mol. The molecular formula is C10H11NO3S. The van der Waals surface area contributed by atoms with Crippen molar-refractivity contribution in [3.05, 3.63) is 15.6 Å². The van der Waals surface area contributed by atoms with E-state index < -0.39 is 5.97 Å². The number of hydrogen-bond acceptors (Lipinski definition) is 4. The molecule has 0 bridgehead atoms. The lowest BCUT2D eigenvalue weighted by Gasteiger charge is -1.93. The van der Waals surface area contributed by atoms with Gasteiger partial charge in [-0.2, -0.15) is 0 Å². The molecule has 0 atom stereocenters. The van der Waals surface area contributed by atoms with Crippen LogP contribution in [0.5, 0.6) is 0 Å². The molecule has 0 spiro atoms. The molecule has 2 rings (SSSR count). The lowest BCUT2D eigenvalue weighted by atomic mass is 10.2. The summed E-state index contributed by atoms with van der Waals surface area (Å²) in [5, 5.41) is 8.94. The van der Waals surface area contributed by atoms with Crippen LogP contribution in [0.2, 0.25) is 0 Å². The molecule has 0 radical (unpaired) electrons. The van der Waals surface area contributed by atoms with Gasteiger partial charge in [-0.15, -0.1) is 11.3 Å². The number of fused-ring (bicyclic) bond motifs is 1. The number of nitrogens with zero attached hydrogens (tertiary/aromatic N) is 1. The van der Waals surface area contributed by atoms with Gasteiger partial charge >= 0.3 is 5.97 Å². The second-order valence-corrected chi connectivity index (χ2v) is 4.64. The van der Waals surface area contributed by atoms with Crippen molar-refractivity contribution in [2.75, 3.05) is 0 Å². The topological polar surface area (TPSA) is 67.3 Å². The van der Waals surface area contributed by atoms with E-state index in [9.17, 15) is 9.59 Å². The minimum absolute atomic E-state index is 0.0573. The SMILES string of the molecule is O=C(O)CCC(=O)c1nc2c(s1)CCC2. The molecule has 0 unspecified atom stereocenters. The average Bonchev–Trinajstić information content (AvgIpc) is 2.72. The van der Waals surface area contributed by atoms with E-state index in [4.69, 9.17) is 5.11 Å². The largest absolute Gasteiger partial charge is 0.481 e. The minimum Gasteiger partial charge on any atom is -0.481 e. The summed E-state index contributed by atoms with van der Waals surface area (Å²) in [6.07, 6.45) is 3.04. The lowest BCUT2D eigenvalue weighted by Crippen LogP contribution is -2.03. The van der Waals surface area contributed by atoms with Gasteiger partial charge in [-0.05, 0) is 19.3 Å². The summed E-state index contributed by atoms with van der Waals surface area (Å²) in [6.45, 7) is 0. The third kappa shape index (κ3) is 2.23. The smallest absolute Gasteiger partial charge is 0.303 e. The molecule has 0 amide bonds. The second-order valence-electron chi connectivity index (χ2n) is 3.56. The Labute approximate surface area is 91.0 Å². The van der Waals surface area contributed by atoms with Crippen molar-refractivity contribution in [2.45, 2.75) is 32.1 Å². The minimum atomic E-state index is -0.938. The maximum Gasteiger partial charge on any atom is 0.303 e.